The molecule has 0 aliphatic heterocycles. The van der Waals surface area contributed by atoms with E-state index in [0.717, 1.165) is 10.5 Å². The zero-order valence-corrected chi connectivity index (χ0v) is 15.3. The van der Waals surface area contributed by atoms with Gasteiger partial charge in [-0.2, -0.15) is 4.99 Å². The third kappa shape index (κ3) is 4.41. The van der Waals surface area contributed by atoms with Gasteiger partial charge in [0.2, 0.25) is 0 Å². The summed E-state index contributed by atoms with van der Waals surface area (Å²) in [4.78, 5) is 17.9. The van der Waals surface area contributed by atoms with Gasteiger partial charge in [0.05, 0.1) is 10.6 Å². The van der Waals surface area contributed by atoms with Crippen molar-refractivity contribution in [2.75, 3.05) is 6.26 Å². The van der Waals surface area contributed by atoms with Crippen LogP contribution >= 0.6 is 23.4 Å². The van der Waals surface area contributed by atoms with Gasteiger partial charge in [-0.25, -0.2) is 0 Å². The van der Waals surface area contributed by atoms with Gasteiger partial charge in [-0.3, -0.25) is 4.79 Å². The molecule has 0 spiro atoms. The van der Waals surface area contributed by atoms with E-state index in [-0.39, 0.29) is 5.91 Å². The monoisotopic (exact) mass is 368 g/mol. The van der Waals surface area contributed by atoms with E-state index >= 15 is 0 Å². The first-order chi connectivity index (χ1) is 12.2. The maximum absolute atomic E-state index is 12.6. The molecule has 5 heteroatoms. The van der Waals surface area contributed by atoms with Crippen molar-refractivity contribution >= 4 is 29.3 Å². The van der Waals surface area contributed by atoms with Crippen molar-refractivity contribution < 1.29 is 4.79 Å². The molecule has 0 saturated carbocycles. The average Bonchev–Trinajstić information content (AvgIpc) is 2.64. The van der Waals surface area contributed by atoms with Crippen LogP contribution in [0.3, 0.4) is 0 Å². The Hall–Kier alpha value is -2.30. The van der Waals surface area contributed by atoms with Gasteiger partial charge in [0.1, 0.15) is 5.49 Å². The van der Waals surface area contributed by atoms with Crippen LogP contribution in [0.5, 0.6) is 0 Å². The van der Waals surface area contributed by atoms with Gasteiger partial charge >= 0.3 is 0 Å². The molecule has 1 aromatic heterocycles. The van der Waals surface area contributed by atoms with Gasteiger partial charge in [-0.1, -0.05) is 48.0 Å². The summed E-state index contributed by atoms with van der Waals surface area (Å²) in [7, 11) is 0. The van der Waals surface area contributed by atoms with Crippen LogP contribution < -0.4 is 5.49 Å². The number of carbonyl (C=O) groups is 1. The first kappa shape index (κ1) is 17.5. The molecule has 0 saturated heterocycles. The summed E-state index contributed by atoms with van der Waals surface area (Å²) in [5.74, 6) is -0.339. The van der Waals surface area contributed by atoms with E-state index in [9.17, 15) is 4.79 Å². The van der Waals surface area contributed by atoms with Crippen molar-refractivity contribution in [3.63, 3.8) is 0 Å². The number of halogens is 1. The highest BCUT2D eigenvalue weighted by Gasteiger charge is 2.10. The number of hydrogen-bond acceptors (Lipinski definition) is 2. The Labute approximate surface area is 156 Å². The number of hydrogen-bond donors (Lipinski definition) is 0. The van der Waals surface area contributed by atoms with E-state index in [2.05, 4.69) is 4.99 Å². The summed E-state index contributed by atoms with van der Waals surface area (Å²) >= 11 is 7.75. The van der Waals surface area contributed by atoms with Crippen LogP contribution in [0.2, 0.25) is 5.02 Å². The number of nitrogens with zero attached hydrogens (tertiary/aromatic N) is 2. The lowest BCUT2D eigenvalue weighted by molar-refractivity contribution is 0.0997. The number of rotatable bonds is 4. The lowest BCUT2D eigenvalue weighted by Gasteiger charge is -2.08. The maximum Gasteiger partial charge on any atom is 0.280 e. The number of aromatic nitrogens is 1. The maximum atomic E-state index is 12.6. The second-order valence-corrected chi connectivity index (χ2v) is 6.72. The average molecular weight is 369 g/mol. The lowest BCUT2D eigenvalue weighted by Crippen LogP contribution is -2.22. The zero-order chi connectivity index (χ0) is 17.6. The fourth-order valence-corrected chi connectivity index (χ4v) is 3.08. The first-order valence-corrected chi connectivity index (χ1v) is 9.39. The third-order valence-corrected chi connectivity index (χ3v) is 4.79. The fourth-order valence-electron chi connectivity index (χ4n) is 2.44. The predicted molar refractivity (Wildman–Crippen MR) is 103 cm³/mol. The minimum atomic E-state index is -0.339. The van der Waals surface area contributed by atoms with Gasteiger partial charge in [0.25, 0.3) is 5.91 Å². The number of pyridine rings is 1. The van der Waals surface area contributed by atoms with E-state index in [1.165, 1.54) is 0 Å². The van der Waals surface area contributed by atoms with Gasteiger partial charge in [-0.15, -0.1) is 11.8 Å². The van der Waals surface area contributed by atoms with Crippen LogP contribution in [0.4, 0.5) is 0 Å². The van der Waals surface area contributed by atoms with Crippen LogP contribution in [0.25, 0.3) is 0 Å². The molecule has 1 heterocycles. The molecule has 2 aromatic carbocycles. The molecule has 0 bridgehead atoms. The number of thioether (sulfide) groups is 1. The Bertz CT molecular complexity index is 951. The van der Waals surface area contributed by atoms with E-state index in [1.807, 2.05) is 71.6 Å². The van der Waals surface area contributed by atoms with Crippen molar-refractivity contribution in [1.29, 1.82) is 0 Å². The largest absolute Gasteiger partial charge is 0.328 e. The molecule has 3 nitrogen and oxygen atoms in total. The second kappa shape index (κ2) is 8.19. The molecule has 3 rings (SSSR count). The Morgan fingerprint density at radius 1 is 1.08 bits per heavy atom. The summed E-state index contributed by atoms with van der Waals surface area (Å²) in [5, 5.41) is 0.414. The zero-order valence-electron chi connectivity index (χ0n) is 13.7. The Morgan fingerprint density at radius 3 is 2.60 bits per heavy atom. The molecular formula is C20H17ClN2OS. The molecule has 0 fully saturated rings. The van der Waals surface area contributed by atoms with Crippen molar-refractivity contribution in [2.45, 2.75) is 11.4 Å². The van der Waals surface area contributed by atoms with Crippen LogP contribution in [-0.4, -0.2) is 16.7 Å². The molecule has 126 valence electrons. The summed E-state index contributed by atoms with van der Waals surface area (Å²) in [6.45, 7) is 0.645. The Balaban J connectivity index is 1.98. The van der Waals surface area contributed by atoms with Crippen molar-refractivity contribution in [3.05, 3.63) is 94.6 Å². The molecule has 3 aromatic rings. The highest BCUT2D eigenvalue weighted by atomic mass is 35.5. The van der Waals surface area contributed by atoms with Crippen molar-refractivity contribution in [3.8, 4) is 0 Å². The topological polar surface area (TPSA) is 34.4 Å². The minimum absolute atomic E-state index is 0.339. The van der Waals surface area contributed by atoms with Gasteiger partial charge < -0.3 is 4.57 Å². The van der Waals surface area contributed by atoms with Gasteiger partial charge in [0.15, 0.2) is 0 Å². The Kier molecular flexibility index (Phi) is 5.74. The summed E-state index contributed by atoms with van der Waals surface area (Å²) < 4.78 is 1.94. The highest BCUT2D eigenvalue weighted by Crippen LogP contribution is 2.23. The summed E-state index contributed by atoms with van der Waals surface area (Å²) in [6, 6.07) is 21.1. The van der Waals surface area contributed by atoms with E-state index < -0.39 is 0 Å². The standard InChI is InChI=1S/C20H17ClN2OS/c1-25-16-10-11-18(21)17(13-16)20(24)22-19-9-5-6-12-23(19)14-15-7-3-2-4-8-15/h2-13H,14H2,1H3. The quantitative estimate of drug-likeness (QED) is 0.628. The number of carbonyl (C=O) groups excluding carboxylic acids is 1. The van der Waals surface area contributed by atoms with Crippen LogP contribution in [0.15, 0.2) is 82.8 Å². The van der Waals surface area contributed by atoms with Crippen LogP contribution in [0.1, 0.15) is 15.9 Å². The summed E-state index contributed by atoms with van der Waals surface area (Å²) in [6.07, 6.45) is 3.87. The fraction of sp³-hybridized carbons (Fsp3) is 0.100. The highest BCUT2D eigenvalue weighted by molar-refractivity contribution is 7.98. The molecule has 1 amide bonds. The summed E-state index contributed by atoms with van der Waals surface area (Å²) in [5.41, 5.74) is 2.16. The predicted octanol–water partition coefficient (Wildman–Crippen LogP) is 4.65. The van der Waals surface area contributed by atoms with Gasteiger partial charge in [-0.05, 0) is 42.2 Å². The van der Waals surface area contributed by atoms with E-state index in [0.29, 0.717) is 22.6 Å². The molecule has 0 radical (unpaired) electrons. The molecule has 0 aliphatic rings. The first-order valence-electron chi connectivity index (χ1n) is 7.79. The Morgan fingerprint density at radius 2 is 1.84 bits per heavy atom. The van der Waals surface area contributed by atoms with Crippen LogP contribution in [-0.2, 0) is 6.54 Å². The molecular weight excluding hydrogens is 352 g/mol. The normalized spacial score (nSPS) is 11.5. The third-order valence-electron chi connectivity index (χ3n) is 3.73. The van der Waals surface area contributed by atoms with Crippen molar-refractivity contribution in [2.24, 2.45) is 4.99 Å². The number of amides is 1. The molecule has 0 unspecified atom stereocenters. The minimum Gasteiger partial charge on any atom is -0.328 e. The molecule has 0 aliphatic carbocycles. The van der Waals surface area contributed by atoms with Crippen LogP contribution in [0, 0.1) is 0 Å². The molecule has 0 N–H and O–H groups in total. The molecule has 25 heavy (non-hydrogen) atoms. The SMILES string of the molecule is CSc1ccc(Cl)c(C(=O)N=c2ccccn2Cc2ccccc2)c1. The second-order valence-electron chi connectivity index (χ2n) is 5.44. The van der Waals surface area contributed by atoms with E-state index in [4.69, 9.17) is 11.6 Å². The molecule has 0 atom stereocenters. The van der Waals surface area contributed by atoms with E-state index in [1.54, 1.807) is 23.9 Å². The van der Waals surface area contributed by atoms with Crippen molar-refractivity contribution in [1.82, 2.24) is 4.57 Å². The smallest absolute Gasteiger partial charge is 0.280 e. The van der Waals surface area contributed by atoms with Gasteiger partial charge in [0, 0.05) is 17.6 Å². The number of benzene rings is 2. The lowest BCUT2D eigenvalue weighted by atomic mass is 10.2.